The van der Waals surface area contributed by atoms with Crippen LogP contribution in [0.2, 0.25) is 0 Å². The molecule has 89 valence electrons. The largest absolute Gasteiger partial charge is 3.00 e. The van der Waals surface area contributed by atoms with Gasteiger partial charge in [-0.1, -0.05) is 60.0 Å². The van der Waals surface area contributed by atoms with Crippen molar-refractivity contribution < 1.29 is 74.2 Å². The minimum atomic E-state index is 0. The molecule has 0 N–H and O–H groups in total. The Balaban J connectivity index is 0.000000963. The van der Waals surface area contributed by atoms with Crippen LogP contribution in [-0.2, 0) is 26.2 Å². The van der Waals surface area contributed by atoms with Crippen LogP contribution < -0.4 is 48.0 Å². The molecule has 0 aromatic heterocycles. The van der Waals surface area contributed by atoms with Gasteiger partial charge in [0.2, 0.25) is 0 Å². The van der Waals surface area contributed by atoms with Crippen molar-refractivity contribution in [1.82, 2.24) is 0 Å². The second kappa shape index (κ2) is 8.65. The molecule has 0 saturated heterocycles. The van der Waals surface area contributed by atoms with Crippen molar-refractivity contribution >= 4 is 6.08 Å². The number of allylic oxidation sites excluding steroid dienone is 1. The average molecular weight is 536 g/mol. The summed E-state index contributed by atoms with van der Waals surface area (Å²) in [6, 6.07) is 19.0. The Morgan fingerprint density at radius 1 is 0.778 bits per heavy atom. The quantitative estimate of drug-likeness (QED) is 0.283. The molecule has 1 unspecified atom stereocenters. The van der Waals surface area contributed by atoms with Crippen molar-refractivity contribution in [1.29, 1.82) is 0 Å². The molecule has 0 fully saturated rings. The standard InChI is InChI=1S/C15H11.2HI.Zr/c1-2-6-12(7-3-1)15-11-10-13-8-4-5-9-14(13)15;;;/h1-10,15H;2*1H;/q-1;;;+3/p-2. The maximum atomic E-state index is 3.41. The fraction of sp³-hybridized carbons (Fsp3) is 0.0667. The first-order valence-corrected chi connectivity index (χ1v) is 5.18. The van der Waals surface area contributed by atoms with Gasteiger partial charge in [0.15, 0.2) is 0 Å². The molecule has 0 bridgehead atoms. The van der Waals surface area contributed by atoms with Crippen molar-refractivity contribution in [2.75, 3.05) is 0 Å². The van der Waals surface area contributed by atoms with Crippen LogP contribution in [0.5, 0.6) is 0 Å². The van der Waals surface area contributed by atoms with Gasteiger partial charge >= 0.3 is 26.2 Å². The molecule has 1 aliphatic carbocycles. The summed E-state index contributed by atoms with van der Waals surface area (Å²) < 4.78 is 0. The molecule has 2 aromatic rings. The molecule has 18 heavy (non-hydrogen) atoms. The number of fused-ring (bicyclic) bond motifs is 1. The first kappa shape index (κ1) is 18.5. The van der Waals surface area contributed by atoms with Gasteiger partial charge in [-0.3, -0.25) is 6.08 Å². The van der Waals surface area contributed by atoms with Crippen LogP contribution in [-0.4, -0.2) is 0 Å². The smallest absolute Gasteiger partial charge is 1.00 e. The van der Waals surface area contributed by atoms with E-state index in [0.29, 0.717) is 5.92 Å². The Labute approximate surface area is 161 Å². The Hall–Kier alpha value is 0.523. The summed E-state index contributed by atoms with van der Waals surface area (Å²) in [5.74, 6) is 0.322. The summed E-state index contributed by atoms with van der Waals surface area (Å²) >= 11 is 0. The third kappa shape index (κ3) is 3.76. The van der Waals surface area contributed by atoms with Gasteiger partial charge in [-0.25, -0.2) is 6.08 Å². The van der Waals surface area contributed by atoms with Crippen LogP contribution in [0.25, 0.3) is 6.08 Å². The Morgan fingerprint density at radius 3 is 2.11 bits per heavy atom. The summed E-state index contributed by atoms with van der Waals surface area (Å²) in [7, 11) is 0. The van der Waals surface area contributed by atoms with E-state index < -0.39 is 0 Å². The predicted octanol–water partition coefficient (Wildman–Crippen LogP) is -2.35. The van der Waals surface area contributed by atoms with E-state index in [-0.39, 0.29) is 74.2 Å². The van der Waals surface area contributed by atoms with E-state index in [0.717, 1.165) is 0 Å². The van der Waals surface area contributed by atoms with Gasteiger partial charge in [0.05, 0.1) is 0 Å². The third-order valence-electron chi connectivity index (χ3n) is 2.85. The Morgan fingerprint density at radius 2 is 1.39 bits per heavy atom. The van der Waals surface area contributed by atoms with E-state index in [2.05, 4.69) is 60.7 Å². The summed E-state index contributed by atoms with van der Waals surface area (Å²) in [4.78, 5) is 0. The van der Waals surface area contributed by atoms with Crippen LogP contribution in [0.15, 0.2) is 54.6 Å². The Kier molecular flexibility index (Phi) is 8.90. The fourth-order valence-corrected chi connectivity index (χ4v) is 2.09. The summed E-state index contributed by atoms with van der Waals surface area (Å²) in [6.07, 6.45) is 5.50. The molecule has 1 radical (unpaired) electrons. The second-order valence-electron chi connectivity index (χ2n) is 3.78. The van der Waals surface area contributed by atoms with Crippen LogP contribution in [0.1, 0.15) is 22.6 Å². The maximum absolute atomic E-state index is 3.41. The average Bonchev–Trinajstić information content (AvgIpc) is 2.74. The van der Waals surface area contributed by atoms with Crippen molar-refractivity contribution in [3.05, 3.63) is 77.4 Å². The third-order valence-corrected chi connectivity index (χ3v) is 2.85. The Bertz CT molecular complexity index is 509. The molecule has 1 aliphatic rings. The molecule has 3 heteroatoms. The van der Waals surface area contributed by atoms with E-state index >= 15 is 0 Å². The molecule has 0 spiro atoms. The number of hydrogen-bond donors (Lipinski definition) is 0. The van der Waals surface area contributed by atoms with Crippen molar-refractivity contribution in [2.24, 2.45) is 0 Å². The van der Waals surface area contributed by atoms with Gasteiger partial charge in [-0.15, -0.1) is 11.6 Å². The van der Waals surface area contributed by atoms with Crippen LogP contribution in [0.3, 0.4) is 0 Å². The number of halogens is 2. The van der Waals surface area contributed by atoms with Gasteiger partial charge in [-0.05, 0) is 0 Å². The molecule has 3 rings (SSSR count). The van der Waals surface area contributed by atoms with Crippen LogP contribution >= 0.6 is 0 Å². The summed E-state index contributed by atoms with van der Waals surface area (Å²) in [6.45, 7) is 0. The predicted molar refractivity (Wildman–Crippen MR) is 62.4 cm³/mol. The SMILES string of the molecule is [C-]1=Cc2ccccc2C1c1ccccc1.[I-].[I-].[Zr+3]. The minimum absolute atomic E-state index is 0. The number of hydrogen-bond acceptors (Lipinski definition) is 0. The van der Waals surface area contributed by atoms with Crippen LogP contribution in [0, 0.1) is 6.08 Å². The van der Waals surface area contributed by atoms with E-state index in [4.69, 9.17) is 0 Å². The van der Waals surface area contributed by atoms with E-state index in [9.17, 15) is 0 Å². The molecular weight excluding hydrogens is 525 g/mol. The molecule has 1 atom stereocenters. The normalized spacial score (nSPS) is 14.8. The molecule has 0 nitrogen and oxygen atoms in total. The first-order valence-electron chi connectivity index (χ1n) is 5.18. The number of rotatable bonds is 1. The second-order valence-corrected chi connectivity index (χ2v) is 3.78. The topological polar surface area (TPSA) is 0 Å². The zero-order valence-corrected chi connectivity index (χ0v) is 16.4. The zero-order chi connectivity index (χ0) is 10.1. The van der Waals surface area contributed by atoms with E-state index in [1.165, 1.54) is 16.7 Å². The maximum Gasteiger partial charge on any atom is 3.00 e. The first-order chi connectivity index (χ1) is 7.45. The van der Waals surface area contributed by atoms with E-state index in [1.54, 1.807) is 0 Å². The summed E-state index contributed by atoms with van der Waals surface area (Å²) in [5, 5.41) is 0. The molecule has 0 amide bonds. The summed E-state index contributed by atoms with van der Waals surface area (Å²) in [5.41, 5.74) is 3.98. The monoisotopic (exact) mass is 535 g/mol. The van der Waals surface area contributed by atoms with Crippen LogP contribution in [0.4, 0.5) is 0 Å². The van der Waals surface area contributed by atoms with Gasteiger partial charge in [-0.2, -0.15) is 5.56 Å². The molecule has 2 aromatic carbocycles. The molecule has 0 aliphatic heterocycles. The fourth-order valence-electron chi connectivity index (χ4n) is 2.09. The number of benzene rings is 2. The van der Waals surface area contributed by atoms with Crippen molar-refractivity contribution in [3.8, 4) is 0 Å². The van der Waals surface area contributed by atoms with Crippen molar-refractivity contribution in [2.45, 2.75) is 5.92 Å². The van der Waals surface area contributed by atoms with Crippen molar-refractivity contribution in [3.63, 3.8) is 0 Å². The molecular formula is C15H11I2Zr. The molecule has 0 saturated carbocycles. The van der Waals surface area contributed by atoms with E-state index in [1.807, 2.05) is 6.07 Å². The van der Waals surface area contributed by atoms with Gasteiger partial charge < -0.3 is 48.0 Å². The van der Waals surface area contributed by atoms with Gasteiger partial charge in [0.1, 0.15) is 0 Å². The minimum Gasteiger partial charge on any atom is -1.00 e. The van der Waals surface area contributed by atoms with Gasteiger partial charge in [0.25, 0.3) is 0 Å². The van der Waals surface area contributed by atoms with Gasteiger partial charge in [0, 0.05) is 0 Å². The molecule has 0 heterocycles. The zero-order valence-electron chi connectivity index (χ0n) is 9.61.